The van der Waals surface area contributed by atoms with Crippen LogP contribution in [0.1, 0.15) is 34.1 Å². The van der Waals surface area contributed by atoms with Crippen molar-refractivity contribution in [1.82, 2.24) is 14.2 Å². The number of piperidine rings is 1. The van der Waals surface area contributed by atoms with E-state index in [4.69, 9.17) is 16.6 Å². The van der Waals surface area contributed by atoms with Gasteiger partial charge in [0.05, 0.1) is 20.2 Å². The van der Waals surface area contributed by atoms with Crippen molar-refractivity contribution in [3.05, 3.63) is 58.1 Å². The number of nitrogens with zero attached hydrogens (tertiary/aromatic N) is 3. The molecule has 30 heavy (non-hydrogen) atoms. The average Bonchev–Trinajstić information content (AvgIpc) is 3.18. The number of likely N-dealkylation sites (tertiary alicyclic amines) is 1. The van der Waals surface area contributed by atoms with Gasteiger partial charge >= 0.3 is 0 Å². The van der Waals surface area contributed by atoms with Crippen LogP contribution in [0, 0.1) is 0 Å². The summed E-state index contributed by atoms with van der Waals surface area (Å²) in [5, 5.41) is 1.23. The molecule has 2 aromatic carbocycles. The summed E-state index contributed by atoms with van der Waals surface area (Å²) in [6.07, 6.45) is 1.67. The second kappa shape index (κ2) is 8.26. The molecule has 0 spiro atoms. The summed E-state index contributed by atoms with van der Waals surface area (Å²) in [5.74, 6) is 0.158. The summed E-state index contributed by atoms with van der Waals surface area (Å²) in [6.45, 7) is 1.22. The van der Waals surface area contributed by atoms with Crippen LogP contribution in [0.2, 0.25) is 5.02 Å². The Morgan fingerprint density at radius 3 is 2.53 bits per heavy atom. The lowest BCUT2D eigenvalue weighted by Crippen LogP contribution is -2.38. The second-order valence-corrected chi connectivity index (χ2v) is 11.1. The number of hydrogen-bond donors (Lipinski definition) is 0. The maximum atomic E-state index is 13.0. The molecule has 0 atom stereocenters. The lowest BCUT2D eigenvalue weighted by molar-refractivity contribution is 0.0712. The largest absolute Gasteiger partial charge is 0.339 e. The van der Waals surface area contributed by atoms with E-state index in [-0.39, 0.29) is 15.8 Å². The lowest BCUT2D eigenvalue weighted by Gasteiger charge is -2.31. The highest BCUT2D eigenvalue weighted by Crippen LogP contribution is 2.34. The van der Waals surface area contributed by atoms with Gasteiger partial charge in [-0.3, -0.25) is 4.79 Å². The topological polar surface area (TPSA) is 70.6 Å². The normalized spacial score (nSPS) is 15.8. The molecule has 0 unspecified atom stereocenters. The number of sulfonamides is 1. The zero-order valence-corrected chi connectivity index (χ0v) is 19.1. The van der Waals surface area contributed by atoms with Crippen molar-refractivity contribution in [2.24, 2.45) is 0 Å². The minimum atomic E-state index is -3.73. The van der Waals surface area contributed by atoms with Crippen molar-refractivity contribution in [3.8, 4) is 0 Å². The van der Waals surface area contributed by atoms with Crippen molar-refractivity contribution in [2.75, 3.05) is 27.2 Å². The van der Waals surface area contributed by atoms with Crippen LogP contribution in [0.25, 0.3) is 10.2 Å². The van der Waals surface area contributed by atoms with Crippen LogP contribution >= 0.6 is 22.9 Å². The summed E-state index contributed by atoms with van der Waals surface area (Å²) in [6, 6.07) is 12.5. The Hall–Kier alpha value is -2.00. The first-order valence-corrected chi connectivity index (χ1v) is 12.3. The van der Waals surface area contributed by atoms with E-state index in [0.29, 0.717) is 24.6 Å². The molecule has 0 N–H and O–H groups in total. The van der Waals surface area contributed by atoms with Crippen LogP contribution in [0.4, 0.5) is 0 Å². The van der Waals surface area contributed by atoms with Gasteiger partial charge < -0.3 is 4.90 Å². The van der Waals surface area contributed by atoms with Crippen LogP contribution in [0.5, 0.6) is 0 Å². The predicted molar refractivity (Wildman–Crippen MR) is 120 cm³/mol. The van der Waals surface area contributed by atoms with Gasteiger partial charge in [-0.05, 0) is 43.2 Å². The van der Waals surface area contributed by atoms with Crippen molar-refractivity contribution in [2.45, 2.75) is 23.7 Å². The molecular formula is C21H22ClN3O3S2. The number of benzene rings is 2. The fourth-order valence-electron chi connectivity index (χ4n) is 3.61. The molecule has 1 aliphatic heterocycles. The molecule has 3 aromatic rings. The summed E-state index contributed by atoms with van der Waals surface area (Å²) >= 11 is 7.82. The van der Waals surface area contributed by atoms with Gasteiger partial charge in [-0.2, -0.15) is 0 Å². The first-order valence-electron chi connectivity index (χ1n) is 9.64. The van der Waals surface area contributed by atoms with Crippen molar-refractivity contribution in [1.29, 1.82) is 0 Å². The van der Waals surface area contributed by atoms with E-state index in [9.17, 15) is 13.2 Å². The maximum Gasteiger partial charge on any atom is 0.253 e. The Bertz CT molecular complexity index is 1170. The number of amides is 1. The molecule has 0 aliphatic carbocycles. The molecule has 0 radical (unpaired) electrons. The van der Waals surface area contributed by atoms with E-state index < -0.39 is 10.0 Å². The number of carbonyl (C=O) groups is 1. The van der Waals surface area contributed by atoms with E-state index >= 15 is 0 Å². The minimum Gasteiger partial charge on any atom is -0.339 e. The van der Waals surface area contributed by atoms with Crippen LogP contribution in [-0.4, -0.2) is 55.7 Å². The first-order chi connectivity index (χ1) is 14.3. The molecule has 9 heteroatoms. The van der Waals surface area contributed by atoms with Crippen LogP contribution in [0.3, 0.4) is 0 Å². The first kappa shape index (κ1) is 21.2. The van der Waals surface area contributed by atoms with Crippen molar-refractivity contribution < 1.29 is 13.2 Å². The molecule has 1 fully saturated rings. The summed E-state index contributed by atoms with van der Waals surface area (Å²) in [5.41, 5.74) is 1.35. The Morgan fingerprint density at radius 2 is 1.87 bits per heavy atom. The molecular weight excluding hydrogens is 442 g/mol. The smallest absolute Gasteiger partial charge is 0.253 e. The van der Waals surface area contributed by atoms with Gasteiger partial charge in [-0.1, -0.05) is 23.7 Å². The monoisotopic (exact) mass is 463 g/mol. The lowest BCUT2D eigenvalue weighted by atomic mass is 9.97. The highest BCUT2D eigenvalue weighted by atomic mass is 35.5. The molecule has 158 valence electrons. The number of thiazole rings is 1. The number of halogens is 1. The van der Waals surface area contributed by atoms with Gasteiger partial charge in [0.25, 0.3) is 5.91 Å². The number of hydrogen-bond acceptors (Lipinski definition) is 5. The summed E-state index contributed by atoms with van der Waals surface area (Å²) in [7, 11) is -0.853. The highest BCUT2D eigenvalue weighted by molar-refractivity contribution is 7.89. The number of rotatable bonds is 4. The molecule has 2 heterocycles. The molecule has 0 bridgehead atoms. The fraction of sp³-hybridized carbons (Fsp3) is 0.333. The van der Waals surface area contributed by atoms with E-state index in [2.05, 4.69) is 6.07 Å². The Labute approximate surface area is 185 Å². The predicted octanol–water partition coefficient (Wildman–Crippen LogP) is 4.22. The third-order valence-electron chi connectivity index (χ3n) is 5.38. The standard InChI is InChI=1S/C21H22ClN3O3S2/c1-24(2)30(27,28)19-13-15(7-8-16(19)22)21(26)25-11-9-14(10-12-25)20-23-17-5-3-4-6-18(17)29-20/h3-8,13-14H,9-12H2,1-2H3. The molecule has 1 saturated heterocycles. The third kappa shape index (κ3) is 3.97. The molecule has 1 amide bonds. The molecule has 0 saturated carbocycles. The van der Waals surface area contributed by atoms with Gasteiger partial charge in [-0.15, -0.1) is 11.3 Å². The number of aromatic nitrogens is 1. The fourth-order valence-corrected chi connectivity index (χ4v) is 6.14. The quantitative estimate of drug-likeness (QED) is 0.580. The van der Waals surface area contributed by atoms with E-state index in [1.807, 2.05) is 18.2 Å². The minimum absolute atomic E-state index is 0.0515. The number of carbonyl (C=O) groups excluding carboxylic acids is 1. The van der Waals surface area contributed by atoms with Gasteiger partial charge in [0.15, 0.2) is 0 Å². The van der Waals surface area contributed by atoms with Crippen molar-refractivity contribution >= 4 is 49.1 Å². The SMILES string of the molecule is CN(C)S(=O)(=O)c1cc(C(=O)N2CCC(c3nc4ccccc4s3)CC2)ccc1Cl. The third-order valence-corrected chi connectivity index (χ3v) is 8.87. The van der Waals surface area contributed by atoms with Crippen LogP contribution in [0.15, 0.2) is 47.4 Å². The zero-order chi connectivity index (χ0) is 21.5. The van der Waals surface area contributed by atoms with Gasteiger partial charge in [0.2, 0.25) is 10.0 Å². The van der Waals surface area contributed by atoms with Crippen LogP contribution < -0.4 is 0 Å². The molecule has 6 nitrogen and oxygen atoms in total. The zero-order valence-electron chi connectivity index (χ0n) is 16.7. The van der Waals surface area contributed by atoms with Crippen molar-refractivity contribution in [3.63, 3.8) is 0 Å². The summed E-state index contributed by atoms with van der Waals surface area (Å²) in [4.78, 5) is 19.5. The Balaban J connectivity index is 1.49. The maximum absolute atomic E-state index is 13.0. The molecule has 4 rings (SSSR count). The number of para-hydroxylation sites is 1. The Kier molecular flexibility index (Phi) is 5.85. The van der Waals surface area contributed by atoms with E-state index in [1.54, 1.807) is 22.3 Å². The molecule has 1 aliphatic rings. The van der Waals surface area contributed by atoms with Gasteiger partial charge in [0, 0.05) is 38.7 Å². The van der Waals surface area contributed by atoms with Gasteiger partial charge in [-0.25, -0.2) is 17.7 Å². The second-order valence-electron chi connectivity index (χ2n) is 7.52. The van der Waals surface area contributed by atoms with Gasteiger partial charge in [0.1, 0.15) is 4.90 Å². The average molecular weight is 464 g/mol. The Morgan fingerprint density at radius 1 is 1.17 bits per heavy atom. The van der Waals surface area contributed by atoms with E-state index in [1.165, 1.54) is 30.9 Å². The van der Waals surface area contributed by atoms with Crippen LogP contribution in [-0.2, 0) is 10.0 Å². The van der Waals surface area contributed by atoms with E-state index in [0.717, 1.165) is 27.7 Å². The highest BCUT2D eigenvalue weighted by Gasteiger charge is 2.28. The summed E-state index contributed by atoms with van der Waals surface area (Å²) < 4.78 is 27.2. The number of fused-ring (bicyclic) bond motifs is 1. The molecule has 1 aromatic heterocycles.